The van der Waals surface area contributed by atoms with Crippen molar-refractivity contribution in [1.29, 1.82) is 0 Å². The van der Waals surface area contributed by atoms with Crippen molar-refractivity contribution < 1.29 is 4.79 Å². The van der Waals surface area contributed by atoms with Crippen molar-refractivity contribution in [3.05, 3.63) is 11.6 Å². The zero-order valence-corrected chi connectivity index (χ0v) is 12.4. The van der Waals surface area contributed by atoms with Gasteiger partial charge in [-0.05, 0) is 56.9 Å². The summed E-state index contributed by atoms with van der Waals surface area (Å²) in [4.78, 5) is 12.3. The number of hydrogen-bond acceptors (Lipinski definition) is 2. The quantitative estimate of drug-likeness (QED) is 0.767. The van der Waals surface area contributed by atoms with E-state index < -0.39 is 0 Å². The summed E-state index contributed by atoms with van der Waals surface area (Å²) in [5.41, 5.74) is 1.61. The molecule has 1 fully saturated rings. The number of carbonyl (C=O) groups excluding carboxylic acids is 1. The highest BCUT2D eigenvalue weighted by Gasteiger charge is 2.36. The molecule has 0 aromatic rings. The van der Waals surface area contributed by atoms with Crippen LogP contribution in [0.15, 0.2) is 11.6 Å². The molecule has 0 aromatic heterocycles. The van der Waals surface area contributed by atoms with Crippen LogP contribution in [0, 0.1) is 5.41 Å². The van der Waals surface area contributed by atoms with E-state index in [1.165, 1.54) is 37.7 Å². The van der Waals surface area contributed by atoms with Gasteiger partial charge in [0.15, 0.2) is 0 Å². The van der Waals surface area contributed by atoms with Crippen LogP contribution in [0.3, 0.4) is 0 Å². The predicted octanol–water partition coefficient (Wildman–Crippen LogP) is 2.77. The van der Waals surface area contributed by atoms with E-state index >= 15 is 0 Å². The summed E-state index contributed by atoms with van der Waals surface area (Å²) in [5.74, 6) is 0.182. The maximum atomic E-state index is 12.3. The molecular formula is C16H28N2O. The molecule has 2 aliphatic rings. The van der Waals surface area contributed by atoms with Crippen molar-refractivity contribution in [3.63, 3.8) is 0 Å². The standard InChI is InChI=1S/C16H28N2O/c1-16(2)10-6-11-17-14(16)15(19)18-12-9-13-7-4-3-5-8-13/h7,14,17H,3-6,8-12H2,1-2H3,(H,18,19). The van der Waals surface area contributed by atoms with Crippen molar-refractivity contribution in [2.24, 2.45) is 5.41 Å². The number of hydrogen-bond donors (Lipinski definition) is 2. The Bertz CT molecular complexity index is 347. The molecule has 0 aromatic carbocycles. The monoisotopic (exact) mass is 264 g/mol. The number of amides is 1. The first-order valence-electron chi connectivity index (χ1n) is 7.78. The first kappa shape index (κ1) is 14.6. The van der Waals surface area contributed by atoms with E-state index in [-0.39, 0.29) is 17.4 Å². The number of nitrogens with one attached hydrogen (secondary N) is 2. The Hall–Kier alpha value is -0.830. The van der Waals surface area contributed by atoms with Crippen LogP contribution >= 0.6 is 0 Å². The van der Waals surface area contributed by atoms with Gasteiger partial charge in [0.25, 0.3) is 0 Å². The fraction of sp³-hybridized carbons (Fsp3) is 0.812. The molecule has 2 rings (SSSR count). The fourth-order valence-corrected chi connectivity index (χ4v) is 3.24. The Morgan fingerprint density at radius 3 is 2.95 bits per heavy atom. The lowest BCUT2D eigenvalue weighted by Gasteiger charge is -2.38. The van der Waals surface area contributed by atoms with Crippen LogP contribution in [0.25, 0.3) is 0 Å². The third-order valence-electron chi connectivity index (χ3n) is 4.52. The van der Waals surface area contributed by atoms with Gasteiger partial charge >= 0.3 is 0 Å². The van der Waals surface area contributed by atoms with Crippen LogP contribution in [0.2, 0.25) is 0 Å². The number of carbonyl (C=O) groups is 1. The van der Waals surface area contributed by atoms with Gasteiger partial charge in [-0.2, -0.15) is 0 Å². The van der Waals surface area contributed by atoms with Gasteiger partial charge in [-0.3, -0.25) is 4.79 Å². The van der Waals surface area contributed by atoms with Crippen LogP contribution in [0.4, 0.5) is 0 Å². The minimum absolute atomic E-state index is 0.0263. The minimum atomic E-state index is -0.0263. The second-order valence-corrected chi connectivity index (χ2v) is 6.63. The molecule has 1 atom stereocenters. The largest absolute Gasteiger partial charge is 0.354 e. The lowest BCUT2D eigenvalue weighted by molar-refractivity contribution is -0.126. The molecule has 1 aliphatic heterocycles. The molecule has 1 saturated heterocycles. The maximum Gasteiger partial charge on any atom is 0.237 e. The second kappa shape index (κ2) is 6.56. The second-order valence-electron chi connectivity index (χ2n) is 6.63. The zero-order valence-electron chi connectivity index (χ0n) is 12.4. The summed E-state index contributed by atoms with van der Waals surface area (Å²) in [6.45, 7) is 6.13. The molecule has 0 saturated carbocycles. The molecule has 3 heteroatoms. The highest BCUT2D eigenvalue weighted by atomic mass is 16.2. The Labute approximate surface area is 117 Å². The van der Waals surface area contributed by atoms with Crippen molar-refractivity contribution in [2.75, 3.05) is 13.1 Å². The molecule has 1 unspecified atom stereocenters. The first-order chi connectivity index (χ1) is 9.09. The van der Waals surface area contributed by atoms with E-state index in [0.29, 0.717) is 0 Å². The topological polar surface area (TPSA) is 41.1 Å². The van der Waals surface area contributed by atoms with Gasteiger partial charge in [0.2, 0.25) is 5.91 Å². The molecule has 0 bridgehead atoms. The molecule has 1 aliphatic carbocycles. The number of allylic oxidation sites excluding steroid dienone is 1. The summed E-state index contributed by atoms with van der Waals surface area (Å²) in [7, 11) is 0. The SMILES string of the molecule is CC1(C)CCCNC1C(=O)NCCC1=CCCCC1. The summed E-state index contributed by atoms with van der Waals surface area (Å²) in [6.07, 6.45) is 10.8. The number of piperidine rings is 1. The van der Waals surface area contributed by atoms with E-state index in [0.717, 1.165) is 25.9 Å². The van der Waals surface area contributed by atoms with Gasteiger partial charge < -0.3 is 10.6 Å². The molecule has 1 heterocycles. The van der Waals surface area contributed by atoms with E-state index in [1.54, 1.807) is 0 Å². The normalized spacial score (nSPS) is 26.6. The Balaban J connectivity index is 1.75. The summed E-state index contributed by atoms with van der Waals surface area (Å²) < 4.78 is 0. The van der Waals surface area contributed by atoms with Crippen LogP contribution in [0.5, 0.6) is 0 Å². The molecule has 3 nitrogen and oxygen atoms in total. The van der Waals surface area contributed by atoms with Gasteiger partial charge in [0, 0.05) is 6.54 Å². The van der Waals surface area contributed by atoms with E-state index in [9.17, 15) is 4.79 Å². The maximum absolute atomic E-state index is 12.3. The Morgan fingerprint density at radius 2 is 2.26 bits per heavy atom. The summed E-state index contributed by atoms with van der Waals surface area (Å²) >= 11 is 0. The van der Waals surface area contributed by atoms with Gasteiger partial charge in [0.05, 0.1) is 6.04 Å². The van der Waals surface area contributed by atoms with Crippen molar-refractivity contribution in [3.8, 4) is 0 Å². The fourth-order valence-electron chi connectivity index (χ4n) is 3.24. The highest BCUT2D eigenvalue weighted by molar-refractivity contribution is 5.82. The van der Waals surface area contributed by atoms with Crippen molar-refractivity contribution >= 4 is 5.91 Å². The van der Waals surface area contributed by atoms with E-state index in [4.69, 9.17) is 0 Å². The van der Waals surface area contributed by atoms with Crippen LogP contribution < -0.4 is 10.6 Å². The molecule has 0 radical (unpaired) electrons. The van der Waals surface area contributed by atoms with Crippen LogP contribution in [-0.4, -0.2) is 25.0 Å². The third kappa shape index (κ3) is 4.07. The first-order valence-corrected chi connectivity index (χ1v) is 7.78. The third-order valence-corrected chi connectivity index (χ3v) is 4.52. The van der Waals surface area contributed by atoms with Gasteiger partial charge in [0.1, 0.15) is 0 Å². The van der Waals surface area contributed by atoms with Crippen molar-refractivity contribution in [1.82, 2.24) is 10.6 Å². The highest BCUT2D eigenvalue weighted by Crippen LogP contribution is 2.30. The molecule has 108 valence electrons. The van der Waals surface area contributed by atoms with Crippen LogP contribution in [-0.2, 0) is 4.79 Å². The van der Waals surface area contributed by atoms with Crippen LogP contribution in [0.1, 0.15) is 58.8 Å². The molecule has 1 amide bonds. The molecule has 19 heavy (non-hydrogen) atoms. The van der Waals surface area contributed by atoms with E-state index in [1.807, 2.05) is 0 Å². The molecule has 2 N–H and O–H groups in total. The lowest BCUT2D eigenvalue weighted by atomic mass is 9.77. The molecule has 0 spiro atoms. The predicted molar refractivity (Wildman–Crippen MR) is 79.0 cm³/mol. The average molecular weight is 264 g/mol. The summed E-state index contributed by atoms with van der Waals surface area (Å²) in [6, 6.07) is -0.0263. The lowest BCUT2D eigenvalue weighted by Crippen LogP contribution is -2.55. The Morgan fingerprint density at radius 1 is 1.42 bits per heavy atom. The minimum Gasteiger partial charge on any atom is -0.354 e. The van der Waals surface area contributed by atoms with Crippen molar-refractivity contribution in [2.45, 2.75) is 64.8 Å². The summed E-state index contributed by atoms with van der Waals surface area (Å²) in [5, 5.41) is 6.48. The van der Waals surface area contributed by atoms with Gasteiger partial charge in [-0.25, -0.2) is 0 Å². The number of rotatable bonds is 4. The zero-order chi connectivity index (χ0) is 13.7. The van der Waals surface area contributed by atoms with E-state index in [2.05, 4.69) is 30.6 Å². The van der Waals surface area contributed by atoms with Gasteiger partial charge in [-0.15, -0.1) is 0 Å². The molecular weight excluding hydrogens is 236 g/mol. The van der Waals surface area contributed by atoms with Gasteiger partial charge in [-0.1, -0.05) is 25.5 Å². The average Bonchev–Trinajstić information content (AvgIpc) is 2.39. The smallest absolute Gasteiger partial charge is 0.237 e. The Kier molecular flexibility index (Phi) is 5.03.